The quantitative estimate of drug-likeness (QED) is 0.421. The number of hydrogen-bond acceptors (Lipinski definition) is 5. The Morgan fingerprint density at radius 1 is 1.12 bits per heavy atom. The zero-order valence-corrected chi connectivity index (χ0v) is 20.2. The Balaban J connectivity index is 2.15. The van der Waals surface area contributed by atoms with Crippen molar-refractivity contribution in [3.8, 4) is 0 Å². The van der Waals surface area contributed by atoms with Crippen molar-refractivity contribution in [2.45, 2.75) is 58.7 Å². The number of amides is 4. The molecule has 0 radical (unpaired) electrons. The summed E-state index contributed by atoms with van der Waals surface area (Å²) in [6, 6.07) is 7.95. The van der Waals surface area contributed by atoms with Gasteiger partial charge in [0.15, 0.2) is 0 Å². The zero-order chi connectivity index (χ0) is 24.6. The van der Waals surface area contributed by atoms with Gasteiger partial charge in [0, 0.05) is 26.1 Å². The second-order valence-electron chi connectivity index (χ2n) is 9.56. The number of hydrogen-bond donors (Lipinski definition) is 4. The maximum atomic E-state index is 13.6. The topological polar surface area (TPSA) is 120 Å². The number of likely N-dealkylation sites (N-methyl/N-ethyl adjacent to an activating group) is 1. The Kier molecular flexibility index (Phi) is 9.40. The molecule has 1 aliphatic heterocycles. The maximum Gasteiger partial charge on any atom is 0.246 e. The van der Waals surface area contributed by atoms with Gasteiger partial charge in [0.25, 0.3) is 0 Å². The van der Waals surface area contributed by atoms with Crippen LogP contribution in [0, 0.1) is 5.41 Å². The van der Waals surface area contributed by atoms with Gasteiger partial charge in [-0.3, -0.25) is 19.2 Å². The standard InChI is InChI=1S/C24H37N5O4/c1-16(30)27-18-13-19(22(32)26-12-11-17-9-7-6-8-10-17)29(15-18)23(33)21(24(2,3)4)28-20(31)14-25-5/h6-10,18-19,21,25H,11-15H2,1-5H3,(H,26,32)(H,27,30)(H,28,31)/t18-,19-,21+/m0/s1. The van der Waals surface area contributed by atoms with Gasteiger partial charge in [-0.25, -0.2) is 0 Å². The summed E-state index contributed by atoms with van der Waals surface area (Å²) in [6.45, 7) is 7.74. The van der Waals surface area contributed by atoms with Crippen LogP contribution in [-0.2, 0) is 25.6 Å². The molecular formula is C24H37N5O4. The van der Waals surface area contributed by atoms with Crippen LogP contribution in [0.5, 0.6) is 0 Å². The van der Waals surface area contributed by atoms with Crippen molar-refractivity contribution in [1.29, 1.82) is 0 Å². The zero-order valence-electron chi connectivity index (χ0n) is 20.2. The molecule has 0 aromatic heterocycles. The minimum Gasteiger partial charge on any atom is -0.354 e. The van der Waals surface area contributed by atoms with Crippen LogP contribution in [0.15, 0.2) is 30.3 Å². The Morgan fingerprint density at radius 2 is 1.79 bits per heavy atom. The molecule has 1 aromatic rings. The highest BCUT2D eigenvalue weighted by molar-refractivity contribution is 5.93. The highest BCUT2D eigenvalue weighted by atomic mass is 16.2. The van der Waals surface area contributed by atoms with E-state index in [9.17, 15) is 19.2 Å². The first kappa shape index (κ1) is 26.3. The first-order chi connectivity index (χ1) is 15.5. The van der Waals surface area contributed by atoms with Crippen molar-refractivity contribution >= 4 is 23.6 Å². The smallest absolute Gasteiger partial charge is 0.246 e. The van der Waals surface area contributed by atoms with E-state index in [1.165, 1.54) is 11.8 Å². The van der Waals surface area contributed by atoms with Crippen molar-refractivity contribution in [2.75, 3.05) is 26.7 Å². The molecule has 1 heterocycles. The summed E-state index contributed by atoms with van der Waals surface area (Å²) >= 11 is 0. The Hall–Kier alpha value is -2.94. The molecule has 0 unspecified atom stereocenters. The number of benzene rings is 1. The Bertz CT molecular complexity index is 837. The Morgan fingerprint density at radius 3 is 2.36 bits per heavy atom. The number of likely N-dealkylation sites (tertiary alicyclic amines) is 1. The van der Waals surface area contributed by atoms with E-state index in [-0.39, 0.29) is 42.8 Å². The predicted molar refractivity (Wildman–Crippen MR) is 126 cm³/mol. The third-order valence-electron chi connectivity index (χ3n) is 5.61. The van der Waals surface area contributed by atoms with Gasteiger partial charge in [0.05, 0.1) is 6.54 Å². The van der Waals surface area contributed by atoms with Crippen LogP contribution in [0.25, 0.3) is 0 Å². The van der Waals surface area contributed by atoms with Gasteiger partial charge in [-0.2, -0.15) is 0 Å². The lowest BCUT2D eigenvalue weighted by Gasteiger charge is -2.35. The Labute approximate surface area is 196 Å². The van der Waals surface area contributed by atoms with Crippen LogP contribution >= 0.6 is 0 Å². The van der Waals surface area contributed by atoms with Gasteiger partial charge in [-0.15, -0.1) is 0 Å². The minimum absolute atomic E-state index is 0.0811. The van der Waals surface area contributed by atoms with Crippen LogP contribution in [0.4, 0.5) is 0 Å². The first-order valence-electron chi connectivity index (χ1n) is 11.4. The molecule has 3 atom stereocenters. The van der Waals surface area contributed by atoms with Crippen LogP contribution in [0.2, 0.25) is 0 Å². The molecule has 0 saturated carbocycles. The van der Waals surface area contributed by atoms with Crippen molar-refractivity contribution in [3.05, 3.63) is 35.9 Å². The highest BCUT2D eigenvalue weighted by Gasteiger charge is 2.44. The summed E-state index contributed by atoms with van der Waals surface area (Å²) in [5.41, 5.74) is 0.536. The van der Waals surface area contributed by atoms with E-state index in [4.69, 9.17) is 0 Å². The van der Waals surface area contributed by atoms with E-state index in [1.807, 2.05) is 51.1 Å². The molecule has 0 aliphatic carbocycles. The summed E-state index contributed by atoms with van der Waals surface area (Å²) in [4.78, 5) is 52.0. The molecule has 4 amide bonds. The average molecular weight is 460 g/mol. The molecular weight excluding hydrogens is 422 g/mol. The average Bonchev–Trinajstić information content (AvgIpc) is 3.15. The molecule has 2 rings (SSSR count). The second kappa shape index (κ2) is 11.8. The van der Waals surface area contributed by atoms with Gasteiger partial charge in [-0.05, 0) is 30.9 Å². The molecule has 9 heteroatoms. The minimum atomic E-state index is -0.811. The van der Waals surface area contributed by atoms with E-state index < -0.39 is 17.5 Å². The van der Waals surface area contributed by atoms with Gasteiger partial charge in [-0.1, -0.05) is 51.1 Å². The maximum absolute atomic E-state index is 13.6. The molecule has 182 valence electrons. The molecule has 1 aromatic carbocycles. The van der Waals surface area contributed by atoms with Crippen LogP contribution in [0.1, 0.15) is 39.7 Å². The van der Waals surface area contributed by atoms with Crippen LogP contribution in [-0.4, -0.2) is 73.3 Å². The fourth-order valence-electron chi connectivity index (χ4n) is 4.00. The first-order valence-corrected chi connectivity index (χ1v) is 11.4. The summed E-state index contributed by atoms with van der Waals surface area (Å²) < 4.78 is 0. The molecule has 4 N–H and O–H groups in total. The lowest BCUT2D eigenvalue weighted by Crippen LogP contribution is -2.58. The number of carbonyl (C=O) groups is 4. The monoisotopic (exact) mass is 459 g/mol. The van der Waals surface area contributed by atoms with Crippen molar-refractivity contribution in [2.24, 2.45) is 5.41 Å². The fraction of sp³-hybridized carbons (Fsp3) is 0.583. The SMILES string of the molecule is CNCC(=O)N[C@H](C(=O)N1C[C@@H](NC(C)=O)C[C@H]1C(=O)NCCc1ccccc1)C(C)(C)C. The van der Waals surface area contributed by atoms with E-state index in [0.29, 0.717) is 19.4 Å². The number of carbonyl (C=O) groups excluding carboxylic acids is 4. The number of nitrogens with zero attached hydrogens (tertiary/aromatic N) is 1. The normalized spacial score (nSPS) is 19.0. The van der Waals surface area contributed by atoms with Crippen LogP contribution in [0.3, 0.4) is 0 Å². The third-order valence-corrected chi connectivity index (χ3v) is 5.61. The second-order valence-corrected chi connectivity index (χ2v) is 9.56. The fourth-order valence-corrected chi connectivity index (χ4v) is 4.00. The molecule has 1 aliphatic rings. The third kappa shape index (κ3) is 7.85. The number of nitrogens with one attached hydrogen (secondary N) is 4. The van der Waals surface area contributed by atoms with Crippen molar-refractivity contribution in [3.63, 3.8) is 0 Å². The summed E-state index contributed by atoms with van der Waals surface area (Å²) in [5, 5.41) is 11.3. The highest BCUT2D eigenvalue weighted by Crippen LogP contribution is 2.26. The van der Waals surface area contributed by atoms with E-state index >= 15 is 0 Å². The van der Waals surface area contributed by atoms with Gasteiger partial charge < -0.3 is 26.2 Å². The molecule has 33 heavy (non-hydrogen) atoms. The molecule has 1 fully saturated rings. The van der Waals surface area contributed by atoms with Crippen molar-refractivity contribution < 1.29 is 19.2 Å². The summed E-state index contributed by atoms with van der Waals surface area (Å²) in [7, 11) is 1.65. The lowest BCUT2D eigenvalue weighted by molar-refractivity contribution is -0.143. The van der Waals surface area contributed by atoms with E-state index in [2.05, 4.69) is 21.3 Å². The van der Waals surface area contributed by atoms with Gasteiger partial charge >= 0.3 is 0 Å². The molecule has 1 saturated heterocycles. The van der Waals surface area contributed by atoms with E-state index in [1.54, 1.807) is 7.05 Å². The molecule has 0 spiro atoms. The predicted octanol–water partition coefficient (Wildman–Crippen LogP) is 0.201. The van der Waals surface area contributed by atoms with Crippen LogP contribution < -0.4 is 21.3 Å². The largest absolute Gasteiger partial charge is 0.354 e. The van der Waals surface area contributed by atoms with Gasteiger partial charge in [0.1, 0.15) is 12.1 Å². The molecule has 0 bridgehead atoms. The van der Waals surface area contributed by atoms with Gasteiger partial charge in [0.2, 0.25) is 23.6 Å². The summed E-state index contributed by atoms with van der Waals surface area (Å²) in [6.07, 6.45) is 0.997. The molecule has 9 nitrogen and oxygen atoms in total. The lowest BCUT2D eigenvalue weighted by atomic mass is 9.85. The van der Waals surface area contributed by atoms with E-state index in [0.717, 1.165) is 5.56 Å². The summed E-state index contributed by atoms with van der Waals surface area (Å²) in [5.74, 6) is -1.11. The van der Waals surface area contributed by atoms with Crippen molar-refractivity contribution in [1.82, 2.24) is 26.2 Å². The number of rotatable bonds is 9.